The molecule has 0 spiro atoms. The molecule has 1 amide bonds. The molecule has 0 saturated carbocycles. The Morgan fingerprint density at radius 1 is 1.50 bits per heavy atom. The number of hydrogen-bond donors (Lipinski definition) is 1. The normalized spacial score (nSPS) is 22.6. The second-order valence-electron chi connectivity index (χ2n) is 3.76. The van der Waals surface area contributed by atoms with E-state index < -0.39 is 11.4 Å². The lowest BCUT2D eigenvalue weighted by Crippen LogP contribution is -2.40. The monoisotopic (exact) mass is 283 g/mol. The molecule has 0 aromatic heterocycles. The Labute approximate surface area is 101 Å². The number of nitrogens with one attached hydrogen (secondary N) is 1. The molecule has 4 nitrogen and oxygen atoms in total. The van der Waals surface area contributed by atoms with Crippen LogP contribution in [0.4, 0.5) is 5.69 Å². The molecular formula is C11H10BrNO3. The summed E-state index contributed by atoms with van der Waals surface area (Å²) in [7, 11) is 1.28. The second-order valence-corrected chi connectivity index (χ2v) is 4.68. The number of fused-ring (bicyclic) bond motifs is 1. The summed E-state index contributed by atoms with van der Waals surface area (Å²) >= 11 is 3.31. The lowest BCUT2D eigenvalue weighted by Gasteiger charge is -2.18. The first-order valence-electron chi connectivity index (χ1n) is 4.70. The molecule has 16 heavy (non-hydrogen) atoms. The summed E-state index contributed by atoms with van der Waals surface area (Å²) in [6.45, 7) is 1.56. The van der Waals surface area contributed by atoms with E-state index in [-0.39, 0.29) is 5.91 Å². The standard InChI is InChI=1S/C11H10BrNO3/c1-11(10(15)16-2)7-4-3-6(12)5-8(7)13-9(11)14/h3-5H,1-2H3,(H,13,14). The maximum atomic E-state index is 11.8. The van der Waals surface area contributed by atoms with E-state index in [0.29, 0.717) is 11.3 Å². The van der Waals surface area contributed by atoms with Crippen molar-refractivity contribution in [3.8, 4) is 0 Å². The molecule has 1 atom stereocenters. The van der Waals surface area contributed by atoms with Gasteiger partial charge in [-0.05, 0) is 19.1 Å². The molecule has 0 saturated heterocycles. The van der Waals surface area contributed by atoms with Crippen molar-refractivity contribution in [1.29, 1.82) is 0 Å². The lowest BCUT2D eigenvalue weighted by atomic mass is 9.84. The van der Waals surface area contributed by atoms with Gasteiger partial charge < -0.3 is 10.1 Å². The Hall–Kier alpha value is -1.36. The van der Waals surface area contributed by atoms with Crippen LogP contribution < -0.4 is 5.32 Å². The average Bonchev–Trinajstić information content (AvgIpc) is 2.50. The van der Waals surface area contributed by atoms with E-state index in [9.17, 15) is 9.59 Å². The van der Waals surface area contributed by atoms with Crippen molar-refractivity contribution in [1.82, 2.24) is 0 Å². The van der Waals surface area contributed by atoms with Crippen LogP contribution in [0.2, 0.25) is 0 Å². The van der Waals surface area contributed by atoms with E-state index in [1.807, 2.05) is 0 Å². The fourth-order valence-electron chi connectivity index (χ4n) is 1.83. The van der Waals surface area contributed by atoms with Gasteiger partial charge in [-0.25, -0.2) is 0 Å². The molecule has 1 aromatic carbocycles. The Morgan fingerprint density at radius 2 is 2.19 bits per heavy atom. The van der Waals surface area contributed by atoms with Crippen molar-refractivity contribution < 1.29 is 14.3 Å². The third-order valence-corrected chi connectivity index (χ3v) is 3.31. The highest BCUT2D eigenvalue weighted by Crippen LogP contribution is 2.39. The van der Waals surface area contributed by atoms with Gasteiger partial charge in [-0.3, -0.25) is 9.59 Å². The molecule has 84 valence electrons. The summed E-state index contributed by atoms with van der Waals surface area (Å²) in [6, 6.07) is 5.30. The summed E-state index contributed by atoms with van der Waals surface area (Å²) in [5.41, 5.74) is 0.0463. The number of esters is 1. The second kappa shape index (κ2) is 3.59. The van der Waals surface area contributed by atoms with Gasteiger partial charge in [0.05, 0.1) is 7.11 Å². The van der Waals surface area contributed by atoms with E-state index >= 15 is 0 Å². The first kappa shape index (κ1) is 11.1. The zero-order chi connectivity index (χ0) is 11.9. The van der Waals surface area contributed by atoms with Crippen LogP contribution in [-0.4, -0.2) is 19.0 Å². The van der Waals surface area contributed by atoms with E-state index in [2.05, 4.69) is 26.0 Å². The summed E-state index contributed by atoms with van der Waals surface area (Å²) in [6.07, 6.45) is 0. The van der Waals surface area contributed by atoms with E-state index in [0.717, 1.165) is 4.47 Å². The number of rotatable bonds is 1. The number of benzene rings is 1. The van der Waals surface area contributed by atoms with Gasteiger partial charge in [-0.1, -0.05) is 22.0 Å². The third kappa shape index (κ3) is 1.35. The first-order chi connectivity index (χ1) is 7.50. The van der Waals surface area contributed by atoms with E-state index in [4.69, 9.17) is 0 Å². The molecular weight excluding hydrogens is 274 g/mol. The number of carbonyl (C=O) groups excluding carboxylic acids is 2. The molecule has 1 unspecified atom stereocenters. The number of halogens is 1. The minimum atomic E-state index is -1.25. The Balaban J connectivity index is 2.60. The van der Waals surface area contributed by atoms with E-state index in [1.165, 1.54) is 7.11 Å². The van der Waals surface area contributed by atoms with Gasteiger partial charge in [-0.2, -0.15) is 0 Å². The van der Waals surface area contributed by atoms with Gasteiger partial charge in [0.15, 0.2) is 5.41 Å². The van der Waals surface area contributed by atoms with Crippen molar-refractivity contribution >= 4 is 33.5 Å². The zero-order valence-corrected chi connectivity index (χ0v) is 10.4. The fraction of sp³-hybridized carbons (Fsp3) is 0.273. The smallest absolute Gasteiger partial charge is 0.325 e. The molecule has 1 N–H and O–H groups in total. The number of methoxy groups -OCH3 is 1. The molecule has 5 heteroatoms. The van der Waals surface area contributed by atoms with Crippen LogP contribution in [0.3, 0.4) is 0 Å². The molecule has 1 aliphatic rings. The van der Waals surface area contributed by atoms with Crippen LogP contribution in [0, 0.1) is 0 Å². The van der Waals surface area contributed by atoms with Crippen molar-refractivity contribution in [3.05, 3.63) is 28.2 Å². The predicted molar refractivity (Wildman–Crippen MR) is 62.1 cm³/mol. The van der Waals surface area contributed by atoms with Crippen LogP contribution in [0.5, 0.6) is 0 Å². The fourth-order valence-corrected chi connectivity index (χ4v) is 2.19. The topological polar surface area (TPSA) is 55.4 Å². The van der Waals surface area contributed by atoms with Gasteiger partial charge in [0.1, 0.15) is 0 Å². The average molecular weight is 284 g/mol. The van der Waals surface area contributed by atoms with Gasteiger partial charge >= 0.3 is 5.97 Å². The third-order valence-electron chi connectivity index (χ3n) is 2.82. The zero-order valence-electron chi connectivity index (χ0n) is 8.83. The highest BCUT2D eigenvalue weighted by molar-refractivity contribution is 9.10. The first-order valence-corrected chi connectivity index (χ1v) is 5.49. The molecule has 2 rings (SSSR count). The number of hydrogen-bond acceptors (Lipinski definition) is 3. The van der Waals surface area contributed by atoms with Crippen LogP contribution in [0.1, 0.15) is 12.5 Å². The molecule has 1 heterocycles. The maximum absolute atomic E-state index is 11.8. The Morgan fingerprint density at radius 3 is 2.81 bits per heavy atom. The Bertz CT molecular complexity index is 486. The number of anilines is 1. The predicted octanol–water partition coefficient (Wildman–Crippen LogP) is 1.83. The van der Waals surface area contributed by atoms with Gasteiger partial charge in [0.25, 0.3) is 0 Å². The molecule has 1 aromatic rings. The number of carbonyl (C=O) groups is 2. The van der Waals surface area contributed by atoms with Crippen LogP contribution in [0.15, 0.2) is 22.7 Å². The molecule has 0 radical (unpaired) electrons. The summed E-state index contributed by atoms with van der Waals surface area (Å²) < 4.78 is 5.53. The van der Waals surface area contributed by atoms with E-state index in [1.54, 1.807) is 25.1 Å². The van der Waals surface area contributed by atoms with Crippen LogP contribution in [0.25, 0.3) is 0 Å². The summed E-state index contributed by atoms with van der Waals surface area (Å²) in [4.78, 5) is 23.5. The van der Waals surface area contributed by atoms with Crippen molar-refractivity contribution in [2.45, 2.75) is 12.3 Å². The van der Waals surface area contributed by atoms with Gasteiger partial charge in [0, 0.05) is 15.7 Å². The summed E-state index contributed by atoms with van der Waals surface area (Å²) in [5, 5.41) is 2.67. The lowest BCUT2D eigenvalue weighted by molar-refractivity contribution is -0.150. The highest BCUT2D eigenvalue weighted by Gasteiger charge is 2.50. The molecule has 0 fully saturated rings. The van der Waals surface area contributed by atoms with Gasteiger partial charge in [-0.15, -0.1) is 0 Å². The van der Waals surface area contributed by atoms with Gasteiger partial charge in [0.2, 0.25) is 5.91 Å². The number of ether oxygens (including phenoxy) is 1. The van der Waals surface area contributed by atoms with Crippen molar-refractivity contribution in [2.75, 3.05) is 12.4 Å². The minimum absolute atomic E-state index is 0.354. The van der Waals surface area contributed by atoms with Crippen molar-refractivity contribution in [2.24, 2.45) is 0 Å². The van der Waals surface area contributed by atoms with Crippen LogP contribution in [-0.2, 0) is 19.7 Å². The molecule has 0 aliphatic carbocycles. The highest BCUT2D eigenvalue weighted by atomic mass is 79.9. The molecule has 0 bridgehead atoms. The minimum Gasteiger partial charge on any atom is -0.468 e. The Kier molecular flexibility index (Phi) is 2.50. The SMILES string of the molecule is COC(=O)C1(C)C(=O)Nc2cc(Br)ccc21. The maximum Gasteiger partial charge on any atom is 0.325 e. The molecule has 1 aliphatic heterocycles. The van der Waals surface area contributed by atoms with Crippen LogP contribution >= 0.6 is 15.9 Å². The number of amides is 1. The summed E-state index contributed by atoms with van der Waals surface area (Å²) in [5.74, 6) is -0.904. The largest absolute Gasteiger partial charge is 0.468 e. The quantitative estimate of drug-likeness (QED) is 0.632. The van der Waals surface area contributed by atoms with Crippen molar-refractivity contribution in [3.63, 3.8) is 0 Å².